The number of primary amides is 1. The summed E-state index contributed by atoms with van der Waals surface area (Å²) in [5.74, 6) is 3.00. The smallest absolute Gasteiger partial charge is 0.332 e. The van der Waals surface area contributed by atoms with Gasteiger partial charge in [-0.3, -0.25) is 0 Å². The van der Waals surface area contributed by atoms with Gasteiger partial charge < -0.3 is 10.5 Å². The molecule has 0 atom stereocenters. The number of ether oxygens (including phenoxy) is 1. The summed E-state index contributed by atoms with van der Waals surface area (Å²) in [6.45, 7) is 0.208. The van der Waals surface area contributed by atoms with E-state index < -0.39 is 6.03 Å². The number of nitrogens with zero attached hydrogens (tertiary/aromatic N) is 1. The van der Waals surface area contributed by atoms with E-state index in [-0.39, 0.29) is 6.61 Å². The summed E-state index contributed by atoms with van der Waals surface area (Å²) in [6.07, 6.45) is 6.52. The summed E-state index contributed by atoms with van der Waals surface area (Å²) >= 11 is 0. The summed E-state index contributed by atoms with van der Waals surface area (Å²) < 4.78 is 5.21. The minimum absolute atomic E-state index is 0.208. The first-order valence-corrected chi connectivity index (χ1v) is 4.47. The molecule has 0 aliphatic heterocycles. The van der Waals surface area contributed by atoms with Crippen molar-refractivity contribution < 1.29 is 9.53 Å². The number of hydrazone groups is 1. The Morgan fingerprint density at radius 2 is 2.50 bits per heavy atom. The van der Waals surface area contributed by atoms with Gasteiger partial charge >= 0.3 is 6.03 Å². The topological polar surface area (TPSA) is 76.7 Å². The number of nitrogens with two attached hydrogens (primary N) is 1. The molecule has 0 saturated heterocycles. The molecule has 1 aromatic rings. The van der Waals surface area contributed by atoms with Gasteiger partial charge in [0.1, 0.15) is 12.4 Å². The van der Waals surface area contributed by atoms with Crippen molar-refractivity contribution in [3.8, 4) is 18.1 Å². The summed E-state index contributed by atoms with van der Waals surface area (Å²) in [6, 6.07) is 6.39. The van der Waals surface area contributed by atoms with Crippen LogP contribution in [0.3, 0.4) is 0 Å². The lowest BCUT2D eigenvalue weighted by molar-refractivity contribution is 0.249. The van der Waals surface area contributed by atoms with Crippen LogP contribution < -0.4 is 15.9 Å². The largest absolute Gasteiger partial charge is 0.481 e. The quantitative estimate of drug-likeness (QED) is 0.442. The molecule has 0 radical (unpaired) electrons. The fraction of sp³-hybridized carbons (Fsp3) is 0.0909. The number of terminal acetylenes is 1. The number of benzene rings is 1. The molecule has 16 heavy (non-hydrogen) atoms. The average molecular weight is 217 g/mol. The number of hydrogen-bond acceptors (Lipinski definition) is 3. The molecule has 0 aromatic heterocycles. The second-order valence-electron chi connectivity index (χ2n) is 2.80. The molecule has 2 amide bonds. The third kappa shape index (κ3) is 4.15. The molecule has 0 spiro atoms. The van der Waals surface area contributed by atoms with Crippen molar-refractivity contribution in [2.24, 2.45) is 10.8 Å². The maximum atomic E-state index is 10.3. The van der Waals surface area contributed by atoms with E-state index in [9.17, 15) is 4.79 Å². The number of urea groups is 1. The number of carbonyl (C=O) groups is 1. The highest BCUT2D eigenvalue weighted by Gasteiger charge is 1.94. The van der Waals surface area contributed by atoms with E-state index in [0.717, 1.165) is 5.56 Å². The third-order valence-corrected chi connectivity index (χ3v) is 1.57. The van der Waals surface area contributed by atoms with Gasteiger partial charge in [-0.1, -0.05) is 18.1 Å². The van der Waals surface area contributed by atoms with E-state index in [2.05, 4.69) is 16.4 Å². The zero-order valence-corrected chi connectivity index (χ0v) is 8.51. The lowest BCUT2D eigenvalue weighted by atomic mass is 10.2. The molecule has 0 aliphatic rings. The van der Waals surface area contributed by atoms with Gasteiger partial charge in [-0.15, -0.1) is 6.42 Å². The fourth-order valence-corrected chi connectivity index (χ4v) is 0.980. The van der Waals surface area contributed by atoms with E-state index in [1.54, 1.807) is 24.3 Å². The minimum atomic E-state index is -0.712. The molecule has 0 aliphatic carbocycles. The molecular weight excluding hydrogens is 206 g/mol. The van der Waals surface area contributed by atoms with Crippen molar-refractivity contribution in [1.29, 1.82) is 0 Å². The summed E-state index contributed by atoms with van der Waals surface area (Å²) in [7, 11) is 0. The van der Waals surface area contributed by atoms with Crippen molar-refractivity contribution in [1.82, 2.24) is 5.43 Å². The molecule has 5 heteroatoms. The van der Waals surface area contributed by atoms with Crippen LogP contribution in [0.5, 0.6) is 5.75 Å². The number of hydrogen-bond donors (Lipinski definition) is 2. The van der Waals surface area contributed by atoms with E-state index in [4.69, 9.17) is 16.9 Å². The number of carbonyl (C=O) groups excluding carboxylic acids is 1. The summed E-state index contributed by atoms with van der Waals surface area (Å²) in [4.78, 5) is 10.3. The third-order valence-electron chi connectivity index (χ3n) is 1.57. The molecule has 0 saturated carbocycles. The van der Waals surface area contributed by atoms with Crippen molar-refractivity contribution in [2.45, 2.75) is 0 Å². The fourth-order valence-electron chi connectivity index (χ4n) is 0.980. The van der Waals surface area contributed by atoms with Crippen molar-refractivity contribution in [3.63, 3.8) is 0 Å². The molecule has 0 heterocycles. The Hall–Kier alpha value is -2.48. The van der Waals surface area contributed by atoms with Gasteiger partial charge in [0.25, 0.3) is 0 Å². The highest BCUT2D eigenvalue weighted by Crippen LogP contribution is 2.11. The van der Waals surface area contributed by atoms with Crippen LogP contribution in [0.1, 0.15) is 5.56 Å². The Kier molecular flexibility index (Phi) is 4.41. The Bertz CT molecular complexity index is 435. The predicted octanol–water partition coefficient (Wildman–Crippen LogP) is 0.701. The lowest BCUT2D eigenvalue weighted by Gasteiger charge is -2.02. The second kappa shape index (κ2) is 6.09. The van der Waals surface area contributed by atoms with Crippen LogP contribution in [0, 0.1) is 12.3 Å². The molecule has 1 aromatic carbocycles. The van der Waals surface area contributed by atoms with Crippen molar-refractivity contribution in [2.75, 3.05) is 6.61 Å². The molecule has 3 N–H and O–H groups in total. The molecule has 0 fully saturated rings. The van der Waals surface area contributed by atoms with Gasteiger partial charge in [0.15, 0.2) is 0 Å². The van der Waals surface area contributed by atoms with E-state index in [0.29, 0.717) is 5.75 Å². The minimum Gasteiger partial charge on any atom is -0.481 e. The Morgan fingerprint density at radius 1 is 1.69 bits per heavy atom. The first-order valence-electron chi connectivity index (χ1n) is 4.47. The van der Waals surface area contributed by atoms with Gasteiger partial charge in [-0.25, -0.2) is 10.2 Å². The van der Waals surface area contributed by atoms with Crippen LogP contribution in [0.2, 0.25) is 0 Å². The maximum absolute atomic E-state index is 10.3. The Balaban J connectivity index is 2.64. The molecule has 5 nitrogen and oxygen atoms in total. The zero-order chi connectivity index (χ0) is 11.8. The highest BCUT2D eigenvalue weighted by molar-refractivity contribution is 5.81. The Morgan fingerprint density at radius 3 is 3.19 bits per heavy atom. The summed E-state index contributed by atoms with van der Waals surface area (Å²) in [5.41, 5.74) is 7.70. The number of amides is 2. The lowest BCUT2D eigenvalue weighted by Crippen LogP contribution is -2.24. The molecule has 82 valence electrons. The highest BCUT2D eigenvalue weighted by atomic mass is 16.5. The van der Waals surface area contributed by atoms with Crippen LogP contribution in [-0.2, 0) is 0 Å². The number of nitrogens with one attached hydrogen (secondary N) is 1. The summed E-state index contributed by atoms with van der Waals surface area (Å²) in [5, 5.41) is 3.62. The van der Waals surface area contributed by atoms with Crippen molar-refractivity contribution in [3.05, 3.63) is 29.8 Å². The van der Waals surface area contributed by atoms with Crippen LogP contribution in [0.25, 0.3) is 0 Å². The van der Waals surface area contributed by atoms with E-state index in [1.165, 1.54) is 6.21 Å². The normalized spacial score (nSPS) is 9.69. The zero-order valence-electron chi connectivity index (χ0n) is 8.51. The van der Waals surface area contributed by atoms with Crippen LogP contribution in [0.15, 0.2) is 29.4 Å². The standard InChI is InChI=1S/C11H11N3O2/c1-2-6-16-10-5-3-4-9(7-10)8-13-14-11(12)15/h1,3-5,7-8H,6H2,(H3,12,14,15)/b13-8-. The van der Waals surface area contributed by atoms with Crippen LogP contribution >= 0.6 is 0 Å². The SMILES string of the molecule is C#CCOc1cccc(/C=N\NC(N)=O)c1. The van der Waals surface area contributed by atoms with Gasteiger partial charge in [-0.2, -0.15) is 5.10 Å². The van der Waals surface area contributed by atoms with Crippen LogP contribution in [-0.4, -0.2) is 18.9 Å². The molecule has 0 unspecified atom stereocenters. The van der Waals surface area contributed by atoms with Gasteiger partial charge in [0.05, 0.1) is 6.21 Å². The first-order chi connectivity index (χ1) is 7.72. The van der Waals surface area contributed by atoms with E-state index in [1.807, 2.05) is 0 Å². The Labute approximate surface area is 93.3 Å². The maximum Gasteiger partial charge on any atom is 0.332 e. The average Bonchev–Trinajstić information content (AvgIpc) is 2.26. The van der Waals surface area contributed by atoms with Crippen LogP contribution in [0.4, 0.5) is 4.79 Å². The van der Waals surface area contributed by atoms with Crippen molar-refractivity contribution >= 4 is 12.2 Å². The molecule has 1 rings (SSSR count). The molecular formula is C11H11N3O2. The van der Waals surface area contributed by atoms with E-state index >= 15 is 0 Å². The monoisotopic (exact) mass is 217 g/mol. The predicted molar refractivity (Wildman–Crippen MR) is 61.1 cm³/mol. The van der Waals surface area contributed by atoms with Gasteiger partial charge in [0, 0.05) is 0 Å². The molecule has 0 bridgehead atoms. The second-order valence-corrected chi connectivity index (χ2v) is 2.80. The number of rotatable bonds is 4. The van der Waals surface area contributed by atoms with Gasteiger partial charge in [-0.05, 0) is 17.7 Å². The first kappa shape index (κ1) is 11.6. The van der Waals surface area contributed by atoms with Gasteiger partial charge in [0.2, 0.25) is 0 Å².